The molecule has 52 heteroatoms. The number of esters is 4. The maximum absolute atomic E-state index is 13.3. The van der Waals surface area contributed by atoms with Crippen LogP contribution in [0, 0.1) is 104 Å². The van der Waals surface area contributed by atoms with E-state index in [-0.39, 0.29) is 72.6 Å². The molecule has 142 heavy (non-hydrogen) atoms. The van der Waals surface area contributed by atoms with Crippen LogP contribution in [0.4, 0.5) is 65.9 Å². The topological polar surface area (TPSA) is 499 Å². The fourth-order valence-corrected chi connectivity index (χ4v) is 19.1. The van der Waals surface area contributed by atoms with Gasteiger partial charge in [0.25, 0.3) is 0 Å². The van der Waals surface area contributed by atoms with Gasteiger partial charge in [-0.15, -0.1) is 0 Å². The first kappa shape index (κ1) is 138. The SMILES string of the molecule is CC1C2CC(C(=O)NS(=O)(=O)C(F)(F)F)C(C2)C1C.CC1C2CC(C(=O)NS(C)(=O)=O)C(C2)C1C.CCC(C)(C)C(=O)NS(=O)(=O)C(F)(F)F.CCC(C)(C)C(=O)NS(=O)(=O)C1CCCCC1.CCC(C)(C)C(=O)NS(C)(=O)=O.CCC(C)(C)C(=O)OC(C)CC(C)(O)C(F)(F)F.CCC(C)(C)C(=O)OC1CC(C(C)(O)C(F)(F)F)CC(C(C)(O)C(F)(F)F)C1.CCC(C)(C)C(=O)OCCOC(=O)CC(C)=O. The second-order valence-corrected chi connectivity index (χ2v) is 51.0. The summed E-state index contributed by atoms with van der Waals surface area (Å²) in [6, 6.07) is 0. The fraction of sp³-hybridized carbons (Fsp3) is 0.889. The summed E-state index contributed by atoms with van der Waals surface area (Å²) in [6.45, 7) is 43.0. The Bertz CT molecular complexity index is 4760. The van der Waals surface area contributed by atoms with E-state index in [4.69, 9.17) is 18.9 Å². The third-order valence-corrected chi connectivity index (χ3v) is 33.5. The number of sulfonamides is 5. The molecule has 4 bridgehead atoms. The van der Waals surface area contributed by atoms with Gasteiger partial charge in [-0.1, -0.05) is 130 Å². The van der Waals surface area contributed by atoms with E-state index in [0.29, 0.717) is 108 Å². The van der Waals surface area contributed by atoms with Crippen LogP contribution in [-0.2, 0) is 117 Å². The number of amides is 5. The lowest BCUT2D eigenvalue weighted by Crippen LogP contribution is -2.57. The molecule has 32 nitrogen and oxygen atoms in total. The summed E-state index contributed by atoms with van der Waals surface area (Å²) in [6.07, 6.45) is -7.20. The molecule has 6 aliphatic carbocycles. The van der Waals surface area contributed by atoms with E-state index in [9.17, 15) is 171 Å². The first-order valence-corrected chi connectivity index (χ1v) is 54.9. The summed E-state index contributed by atoms with van der Waals surface area (Å²) < 4.78 is 328. The minimum absolute atomic E-state index is 0.0107. The Labute approximate surface area is 827 Å². The van der Waals surface area contributed by atoms with E-state index >= 15 is 0 Å². The highest BCUT2D eigenvalue weighted by atomic mass is 32.2. The predicted octanol–water partition coefficient (Wildman–Crippen LogP) is 15.9. The first-order chi connectivity index (χ1) is 63.2. The fourth-order valence-electron chi connectivity index (χ4n) is 15.1. The van der Waals surface area contributed by atoms with E-state index in [0.717, 1.165) is 55.8 Å². The number of rotatable bonds is 31. The van der Waals surface area contributed by atoms with Crippen molar-refractivity contribution in [1.82, 2.24) is 23.6 Å². The van der Waals surface area contributed by atoms with Gasteiger partial charge in [-0.3, -0.25) is 62.1 Å². The summed E-state index contributed by atoms with van der Waals surface area (Å²) in [7, 11) is -21.5. The average molecular weight is 2180 g/mol. The molecule has 836 valence electrons. The van der Waals surface area contributed by atoms with Crippen molar-refractivity contribution in [3.63, 3.8) is 0 Å². The lowest BCUT2D eigenvalue weighted by atomic mass is 9.67. The zero-order valence-corrected chi connectivity index (χ0v) is 90.6. The zero-order chi connectivity index (χ0) is 113. The molecule has 6 aliphatic rings. The highest BCUT2D eigenvalue weighted by molar-refractivity contribution is 7.91. The summed E-state index contributed by atoms with van der Waals surface area (Å²) in [4.78, 5) is 115. The number of aliphatic hydroxyl groups is 3. The van der Waals surface area contributed by atoms with Crippen LogP contribution in [0.1, 0.15) is 315 Å². The molecule has 6 fully saturated rings. The zero-order valence-electron chi connectivity index (χ0n) is 86.6. The molecule has 0 aromatic carbocycles. The van der Waals surface area contributed by atoms with Gasteiger partial charge in [-0.05, 0) is 220 Å². The van der Waals surface area contributed by atoms with Crippen LogP contribution in [-0.4, -0.2) is 206 Å². The van der Waals surface area contributed by atoms with Gasteiger partial charge in [0.2, 0.25) is 59.6 Å². The largest absolute Gasteiger partial charge is 0.516 e. The summed E-state index contributed by atoms with van der Waals surface area (Å²) in [5.41, 5.74) is -25.0. The van der Waals surface area contributed by atoms with E-state index in [2.05, 4.69) is 30.2 Å². The molecular weight excluding hydrogens is 2030 g/mol. The summed E-state index contributed by atoms with van der Waals surface area (Å²) in [5, 5.41) is 28.9. The molecule has 0 spiro atoms. The van der Waals surface area contributed by atoms with Crippen LogP contribution >= 0.6 is 0 Å². The van der Waals surface area contributed by atoms with Crippen molar-refractivity contribution >= 4 is 109 Å². The molecule has 6 saturated carbocycles. The molecular formula is C90H154F15N5O27S5. The van der Waals surface area contributed by atoms with Gasteiger partial charge in [0, 0.05) is 46.3 Å². The van der Waals surface area contributed by atoms with Crippen LogP contribution in [0.25, 0.3) is 0 Å². The van der Waals surface area contributed by atoms with Gasteiger partial charge in [0.15, 0.2) is 16.8 Å². The molecule has 0 saturated heterocycles. The number of carbonyl (C=O) groups is 10. The van der Waals surface area contributed by atoms with Gasteiger partial charge in [0.1, 0.15) is 37.6 Å². The number of halogens is 15. The van der Waals surface area contributed by atoms with Crippen LogP contribution in [0.5, 0.6) is 0 Å². The molecule has 5 amide bonds. The predicted molar refractivity (Wildman–Crippen MR) is 495 cm³/mol. The average Bonchev–Trinajstić information content (AvgIpc) is 1.63. The van der Waals surface area contributed by atoms with Gasteiger partial charge >= 0.3 is 73.5 Å². The molecule has 0 aromatic heterocycles. The van der Waals surface area contributed by atoms with Crippen LogP contribution in [0.2, 0.25) is 0 Å². The van der Waals surface area contributed by atoms with E-state index in [1.54, 1.807) is 90.0 Å². The number of fused-ring (bicyclic) bond motifs is 4. The number of ether oxygens (including phenoxy) is 4. The highest BCUT2D eigenvalue weighted by Crippen LogP contribution is 2.57. The molecule has 0 aliphatic heterocycles. The molecule has 8 N–H and O–H groups in total. The van der Waals surface area contributed by atoms with Gasteiger partial charge in [0.05, 0.1) is 34.0 Å². The lowest BCUT2D eigenvalue weighted by molar-refractivity contribution is -0.299. The third kappa shape index (κ3) is 42.2. The number of ketones is 1. The van der Waals surface area contributed by atoms with Crippen molar-refractivity contribution in [2.45, 2.75) is 379 Å². The number of hydrogen-bond acceptors (Lipinski definition) is 27. The standard InChI is InChI=1S/C18H28F6O4.C12H21F3O3.C12H23NO3S.C12H20O5.C11H16F3NO3S.C11H19NO3S.C7H12F3NO3S.C7H15NO3S/c1-6-14(2,3)13(25)28-12-8-10(15(4,26)17(19,20)21)7-11(9-12)16(5,27)18(22,23)24;1-6-10(3,4)9(16)18-8(2)7-11(5,17)12(13,14)15;1-4-12(2,3)11(14)13-17(15,16)10-8-6-5-7-9-10;1-5-12(3,4)11(15)17-7-6-16-10(14)8-9(2)13;1-5-6(2)8-3-7(5)4-9(8)10(16)15-19(17,18)11(12,13)14;1-6-7(2)9-4-8(6)5-10(9)11(13)12-16(3,14)15;1-4-6(2,3)5(12)11-15(13,14)7(8,9)10;1-5-7(2,3)6(9)8-12(4,10)11/h10-12,26-27H,6-9H2,1-5H3;8,17H,6-7H2,1-5H3;10H,4-9H2,1-3H3,(H,13,14);5-8H2,1-4H3;5-9H,3-4H2,1-2H3,(H,15,16);6-10H,4-5H2,1-3H3,(H,12,13);4H2,1-3H3,(H,11,12);5H2,1-4H3,(H,8,9). The third-order valence-electron chi connectivity index (χ3n) is 28.4. The van der Waals surface area contributed by atoms with Crippen molar-refractivity contribution < 1.29 is 190 Å². The first-order valence-electron chi connectivity index (χ1n) is 46.6. The minimum atomic E-state index is -5.59. The van der Waals surface area contributed by atoms with E-state index < -0.39 is 220 Å². The summed E-state index contributed by atoms with van der Waals surface area (Å²) in [5.74, 6) is -6.68. The van der Waals surface area contributed by atoms with Crippen molar-refractivity contribution in [3.05, 3.63) is 0 Å². The second kappa shape index (κ2) is 52.6. The lowest BCUT2D eigenvalue weighted by Gasteiger charge is -2.46. The second-order valence-electron chi connectivity index (χ2n) is 42.2. The van der Waals surface area contributed by atoms with E-state index in [1.807, 2.05) is 32.4 Å². The Balaban J connectivity index is 0. The van der Waals surface area contributed by atoms with Crippen LogP contribution < -0.4 is 23.6 Å². The van der Waals surface area contributed by atoms with Crippen molar-refractivity contribution in [1.29, 1.82) is 0 Å². The number of Topliss-reactive ketones (excluding diaryl/α,β-unsaturated/α-hetero) is 1. The van der Waals surface area contributed by atoms with Crippen LogP contribution in [0.15, 0.2) is 0 Å². The van der Waals surface area contributed by atoms with E-state index in [1.165, 1.54) is 32.4 Å². The monoisotopic (exact) mass is 2180 g/mol. The Morgan fingerprint density at radius 1 is 0.387 bits per heavy atom. The van der Waals surface area contributed by atoms with Crippen molar-refractivity contribution in [2.75, 3.05) is 25.7 Å². The number of nitrogens with one attached hydrogen (secondary N) is 5. The highest BCUT2D eigenvalue weighted by Gasteiger charge is 2.63. The van der Waals surface area contributed by atoms with Gasteiger partial charge in [-0.2, -0.15) is 82.7 Å². The van der Waals surface area contributed by atoms with Crippen molar-refractivity contribution in [2.24, 2.45) is 104 Å². The summed E-state index contributed by atoms with van der Waals surface area (Å²) >= 11 is 0. The molecule has 16 atom stereocenters. The number of alkyl halides is 15. The molecule has 6 rings (SSSR count). The molecule has 16 unspecified atom stereocenters. The smallest absolute Gasteiger partial charge is 0.462 e. The maximum Gasteiger partial charge on any atom is 0.516 e. The quantitative estimate of drug-likeness (QED) is 0.0105. The maximum atomic E-state index is 13.3. The Kier molecular flexibility index (Phi) is 50.9. The van der Waals surface area contributed by atoms with Crippen molar-refractivity contribution in [3.8, 4) is 0 Å². The van der Waals surface area contributed by atoms with Gasteiger partial charge in [-0.25, -0.2) is 34.7 Å². The molecule has 0 heterocycles. The minimum Gasteiger partial charge on any atom is -0.462 e. The Morgan fingerprint density at radius 2 is 0.711 bits per heavy atom. The number of carbonyl (C=O) groups excluding carboxylic acids is 10. The molecule has 0 aromatic rings. The Morgan fingerprint density at radius 3 is 1.03 bits per heavy atom. The normalized spacial score (nSPS) is 24.0. The van der Waals surface area contributed by atoms with Crippen LogP contribution in [0.3, 0.4) is 0 Å². The van der Waals surface area contributed by atoms with Gasteiger partial charge < -0.3 is 34.3 Å². The number of hydrogen-bond donors (Lipinski definition) is 8. The molecule has 0 radical (unpaired) electrons. The Hall–Kier alpha value is -6.52.